The third-order valence-corrected chi connectivity index (χ3v) is 5.41. The van der Waals surface area contributed by atoms with E-state index >= 15 is 0 Å². The van der Waals surface area contributed by atoms with E-state index < -0.39 is 11.5 Å². The number of alkyl halides is 2. The lowest BCUT2D eigenvalue weighted by Gasteiger charge is -2.52. The number of halogens is 2. The fourth-order valence-corrected chi connectivity index (χ4v) is 4.26. The summed E-state index contributed by atoms with van der Waals surface area (Å²) in [6, 6.07) is 9.39. The summed E-state index contributed by atoms with van der Waals surface area (Å²) in [4.78, 5) is 16.9. The fourth-order valence-electron chi connectivity index (χ4n) is 4.26. The molecule has 0 amide bonds. The molecule has 0 radical (unpaired) electrons. The smallest absolute Gasteiger partial charge is 0.268 e. The highest BCUT2D eigenvalue weighted by Crippen LogP contribution is 2.57. The van der Waals surface area contributed by atoms with Crippen LogP contribution in [0.1, 0.15) is 31.2 Å². The molecule has 1 spiro atoms. The molecule has 1 saturated heterocycles. The summed E-state index contributed by atoms with van der Waals surface area (Å²) in [5.74, 6) is -2.52. The molecule has 1 aromatic carbocycles. The fraction of sp³-hybridized carbons (Fsp3) is 0.444. The van der Waals surface area contributed by atoms with Gasteiger partial charge >= 0.3 is 0 Å². The van der Waals surface area contributed by atoms with E-state index in [4.69, 9.17) is 0 Å². The maximum atomic E-state index is 13.3. The quantitative estimate of drug-likeness (QED) is 0.872. The minimum absolute atomic E-state index is 0.0327. The van der Waals surface area contributed by atoms with Crippen LogP contribution < -0.4 is 10.5 Å². The van der Waals surface area contributed by atoms with Gasteiger partial charge in [0.25, 0.3) is 5.56 Å². The summed E-state index contributed by atoms with van der Waals surface area (Å²) in [6.07, 6.45) is 1.29. The Kier molecular flexibility index (Phi) is 3.17. The Morgan fingerprint density at radius 3 is 2.46 bits per heavy atom. The minimum Gasteiger partial charge on any atom is -0.370 e. The molecule has 6 heteroatoms. The summed E-state index contributed by atoms with van der Waals surface area (Å²) >= 11 is 0. The van der Waals surface area contributed by atoms with Gasteiger partial charge in [-0.2, -0.15) is 5.26 Å². The van der Waals surface area contributed by atoms with Crippen molar-refractivity contribution in [3.8, 4) is 6.07 Å². The molecule has 2 fully saturated rings. The zero-order chi connectivity index (χ0) is 16.9. The molecule has 0 bridgehead atoms. The molecule has 4 nitrogen and oxygen atoms in total. The van der Waals surface area contributed by atoms with Crippen LogP contribution in [0.3, 0.4) is 0 Å². The highest BCUT2D eigenvalue weighted by Gasteiger charge is 2.56. The maximum Gasteiger partial charge on any atom is 0.268 e. The number of aromatic nitrogens is 1. The van der Waals surface area contributed by atoms with Crippen molar-refractivity contribution in [2.75, 3.05) is 18.0 Å². The molecule has 1 aliphatic heterocycles. The summed E-state index contributed by atoms with van der Waals surface area (Å²) in [5.41, 5.74) is 0.763. The number of pyridine rings is 1. The minimum atomic E-state index is -2.52. The lowest BCUT2D eigenvalue weighted by atomic mass is 9.61. The number of piperidine rings is 1. The Hall–Kier alpha value is -2.42. The predicted molar refractivity (Wildman–Crippen MR) is 87.3 cm³/mol. The van der Waals surface area contributed by atoms with Crippen molar-refractivity contribution in [2.45, 2.75) is 31.6 Å². The van der Waals surface area contributed by atoms with Gasteiger partial charge in [0.1, 0.15) is 11.6 Å². The number of rotatable bonds is 1. The number of H-pyrrole nitrogens is 1. The molecule has 1 N–H and O–H groups in total. The lowest BCUT2D eigenvalue weighted by molar-refractivity contribution is -0.168. The predicted octanol–water partition coefficient (Wildman–Crippen LogP) is 3.42. The third kappa shape index (κ3) is 2.27. The van der Waals surface area contributed by atoms with E-state index in [0.717, 1.165) is 5.39 Å². The van der Waals surface area contributed by atoms with Crippen LogP contribution in [-0.4, -0.2) is 24.0 Å². The molecule has 0 atom stereocenters. The van der Waals surface area contributed by atoms with E-state index in [1.165, 1.54) is 0 Å². The van der Waals surface area contributed by atoms with Crippen molar-refractivity contribution in [1.29, 1.82) is 5.26 Å². The number of aromatic amines is 1. The monoisotopic (exact) mass is 329 g/mol. The summed E-state index contributed by atoms with van der Waals surface area (Å²) in [5, 5.41) is 10.2. The van der Waals surface area contributed by atoms with Crippen LogP contribution in [0.2, 0.25) is 0 Å². The molecule has 1 aliphatic carbocycles. The van der Waals surface area contributed by atoms with Crippen LogP contribution in [0.15, 0.2) is 29.1 Å². The number of fused-ring (bicyclic) bond motifs is 1. The largest absolute Gasteiger partial charge is 0.370 e. The van der Waals surface area contributed by atoms with Crippen molar-refractivity contribution in [1.82, 2.24) is 4.98 Å². The van der Waals surface area contributed by atoms with Gasteiger partial charge in [-0.1, -0.05) is 18.2 Å². The first-order valence-electron chi connectivity index (χ1n) is 8.11. The van der Waals surface area contributed by atoms with E-state index in [1.54, 1.807) is 6.07 Å². The SMILES string of the molecule is N#Cc1c(N2CCC3(CC2)CC(F)(F)C3)c2ccccc2[nH]c1=O. The van der Waals surface area contributed by atoms with Crippen LogP contribution in [-0.2, 0) is 0 Å². The Bertz CT molecular complexity index is 895. The molecule has 1 aromatic heterocycles. The molecule has 4 rings (SSSR count). The van der Waals surface area contributed by atoms with Gasteiger partial charge in [0.05, 0.1) is 11.2 Å². The first-order valence-corrected chi connectivity index (χ1v) is 8.11. The van der Waals surface area contributed by atoms with E-state index in [1.807, 2.05) is 29.2 Å². The van der Waals surface area contributed by atoms with Gasteiger partial charge in [-0.05, 0) is 24.3 Å². The molecule has 2 heterocycles. The number of hydrogen-bond donors (Lipinski definition) is 1. The highest BCUT2D eigenvalue weighted by atomic mass is 19.3. The molecule has 1 saturated carbocycles. The van der Waals surface area contributed by atoms with Crippen molar-refractivity contribution < 1.29 is 8.78 Å². The highest BCUT2D eigenvalue weighted by molar-refractivity contribution is 5.94. The molecule has 24 heavy (non-hydrogen) atoms. The van der Waals surface area contributed by atoms with Gasteiger partial charge in [0, 0.05) is 31.3 Å². The van der Waals surface area contributed by atoms with Gasteiger partial charge in [-0.15, -0.1) is 0 Å². The molecule has 2 aromatic rings. The van der Waals surface area contributed by atoms with Gasteiger partial charge in [0.15, 0.2) is 0 Å². The van der Waals surface area contributed by atoms with Crippen molar-refractivity contribution in [3.63, 3.8) is 0 Å². The van der Waals surface area contributed by atoms with Crippen molar-refractivity contribution in [2.24, 2.45) is 5.41 Å². The second-order valence-corrected chi connectivity index (χ2v) is 7.03. The lowest BCUT2D eigenvalue weighted by Crippen LogP contribution is -2.52. The van der Waals surface area contributed by atoms with Gasteiger partial charge < -0.3 is 9.88 Å². The first kappa shape index (κ1) is 15.1. The number of hydrogen-bond acceptors (Lipinski definition) is 3. The Balaban J connectivity index is 1.70. The topological polar surface area (TPSA) is 59.9 Å². The molecular formula is C18H17F2N3O. The summed E-state index contributed by atoms with van der Waals surface area (Å²) in [6.45, 7) is 1.19. The number of nitrogens with one attached hydrogen (secondary N) is 1. The average Bonchev–Trinajstić information content (AvgIpc) is 2.52. The van der Waals surface area contributed by atoms with Crippen LogP contribution in [0.25, 0.3) is 10.9 Å². The molecule has 124 valence electrons. The maximum absolute atomic E-state index is 13.3. The van der Waals surface area contributed by atoms with E-state index in [9.17, 15) is 18.8 Å². The number of anilines is 1. The van der Waals surface area contributed by atoms with E-state index in [2.05, 4.69) is 4.98 Å². The van der Waals surface area contributed by atoms with Crippen LogP contribution >= 0.6 is 0 Å². The van der Waals surface area contributed by atoms with Crippen LogP contribution in [0.5, 0.6) is 0 Å². The zero-order valence-electron chi connectivity index (χ0n) is 13.1. The second-order valence-electron chi connectivity index (χ2n) is 7.03. The molecule has 0 unspecified atom stereocenters. The van der Waals surface area contributed by atoms with Gasteiger partial charge in [-0.25, -0.2) is 8.78 Å². The first-order chi connectivity index (χ1) is 11.4. The number of para-hydroxylation sites is 1. The molecular weight excluding hydrogens is 312 g/mol. The van der Waals surface area contributed by atoms with Gasteiger partial charge in [-0.3, -0.25) is 4.79 Å². The van der Waals surface area contributed by atoms with Crippen molar-refractivity contribution >= 4 is 16.6 Å². The Morgan fingerprint density at radius 1 is 1.17 bits per heavy atom. The van der Waals surface area contributed by atoms with Gasteiger partial charge in [0.2, 0.25) is 5.92 Å². The Labute approximate surface area is 137 Å². The van der Waals surface area contributed by atoms with Crippen LogP contribution in [0, 0.1) is 16.7 Å². The van der Waals surface area contributed by atoms with Crippen LogP contribution in [0.4, 0.5) is 14.5 Å². The number of nitrogens with zero attached hydrogens (tertiary/aromatic N) is 2. The summed E-state index contributed by atoms with van der Waals surface area (Å²) in [7, 11) is 0. The zero-order valence-corrected chi connectivity index (χ0v) is 13.1. The number of nitriles is 1. The normalized spacial score (nSPS) is 21.5. The second kappa shape index (κ2) is 5.04. The molecule has 2 aliphatic rings. The van der Waals surface area contributed by atoms with E-state index in [-0.39, 0.29) is 23.8 Å². The van der Waals surface area contributed by atoms with Crippen molar-refractivity contribution in [3.05, 3.63) is 40.2 Å². The average molecular weight is 329 g/mol. The Morgan fingerprint density at radius 2 is 1.83 bits per heavy atom. The third-order valence-electron chi connectivity index (χ3n) is 5.41. The summed E-state index contributed by atoms with van der Waals surface area (Å²) < 4.78 is 26.5. The number of benzene rings is 1. The van der Waals surface area contributed by atoms with E-state index in [0.29, 0.717) is 37.1 Å². The standard InChI is InChI=1S/C18H17F2N3O/c19-18(20)10-17(11-18)5-7-23(8-6-17)15-12-3-1-2-4-14(12)22-16(24)13(15)9-21/h1-4H,5-8,10-11H2,(H,22,24).